The van der Waals surface area contributed by atoms with Gasteiger partial charge in [0.1, 0.15) is 0 Å². The monoisotopic (exact) mass is 226 g/mol. The molecule has 3 N–H and O–H groups in total. The van der Waals surface area contributed by atoms with Gasteiger partial charge in [0.05, 0.1) is 5.60 Å². The summed E-state index contributed by atoms with van der Waals surface area (Å²) in [6.45, 7) is 4.87. The Bertz CT molecular complexity index is 208. The van der Waals surface area contributed by atoms with Crippen LogP contribution >= 0.6 is 0 Å². The molecule has 1 aliphatic carbocycles. The van der Waals surface area contributed by atoms with Gasteiger partial charge in [0.2, 0.25) is 0 Å². The molecule has 2 fully saturated rings. The first kappa shape index (κ1) is 12.3. The van der Waals surface area contributed by atoms with Crippen molar-refractivity contribution in [2.45, 2.75) is 57.1 Å². The highest BCUT2D eigenvalue weighted by Crippen LogP contribution is 2.29. The predicted octanol–water partition coefficient (Wildman–Crippen LogP) is 1.66. The average Bonchev–Trinajstić information content (AvgIpc) is 2.91. The molecule has 0 aromatic heterocycles. The first-order valence-electron chi connectivity index (χ1n) is 6.81. The van der Waals surface area contributed by atoms with Gasteiger partial charge < -0.3 is 15.8 Å². The summed E-state index contributed by atoms with van der Waals surface area (Å²) in [7, 11) is 0. The lowest BCUT2D eigenvalue weighted by atomic mass is 9.96. The second kappa shape index (κ2) is 5.48. The van der Waals surface area contributed by atoms with E-state index in [1.54, 1.807) is 0 Å². The molecule has 0 bridgehead atoms. The quantitative estimate of drug-likeness (QED) is 0.749. The summed E-state index contributed by atoms with van der Waals surface area (Å²) in [5.41, 5.74) is 5.94. The van der Waals surface area contributed by atoms with Crippen molar-refractivity contribution in [2.24, 2.45) is 11.7 Å². The molecule has 1 heterocycles. The van der Waals surface area contributed by atoms with Crippen LogP contribution in [0.2, 0.25) is 0 Å². The third-order valence-corrected chi connectivity index (χ3v) is 4.26. The van der Waals surface area contributed by atoms with Gasteiger partial charge in [-0.2, -0.15) is 0 Å². The molecule has 1 aliphatic heterocycles. The zero-order valence-corrected chi connectivity index (χ0v) is 10.5. The van der Waals surface area contributed by atoms with E-state index in [1.807, 2.05) is 0 Å². The summed E-state index contributed by atoms with van der Waals surface area (Å²) < 4.78 is 5.79. The Kier molecular flexibility index (Phi) is 4.22. The van der Waals surface area contributed by atoms with Crippen molar-refractivity contribution < 1.29 is 4.74 Å². The highest BCUT2D eigenvalue weighted by atomic mass is 16.5. The molecule has 1 saturated heterocycles. The Morgan fingerprint density at radius 2 is 2.12 bits per heavy atom. The first-order chi connectivity index (χ1) is 7.73. The molecule has 94 valence electrons. The SMILES string of the molecule is CC1(CNC(CN)C2CCCC2)CCCO1. The highest BCUT2D eigenvalue weighted by Gasteiger charge is 2.31. The Morgan fingerprint density at radius 3 is 2.69 bits per heavy atom. The van der Waals surface area contributed by atoms with Gasteiger partial charge in [-0.15, -0.1) is 0 Å². The second-order valence-electron chi connectivity index (χ2n) is 5.67. The summed E-state index contributed by atoms with van der Waals surface area (Å²) in [5.74, 6) is 0.801. The molecule has 1 saturated carbocycles. The summed E-state index contributed by atoms with van der Waals surface area (Å²) in [4.78, 5) is 0. The highest BCUT2D eigenvalue weighted by molar-refractivity contribution is 4.87. The maximum atomic E-state index is 5.88. The zero-order chi connectivity index (χ0) is 11.4. The number of rotatable bonds is 5. The molecular weight excluding hydrogens is 200 g/mol. The Balaban J connectivity index is 1.77. The van der Waals surface area contributed by atoms with Crippen molar-refractivity contribution >= 4 is 0 Å². The largest absolute Gasteiger partial charge is 0.374 e. The van der Waals surface area contributed by atoms with E-state index in [1.165, 1.54) is 38.5 Å². The Hall–Kier alpha value is -0.120. The second-order valence-corrected chi connectivity index (χ2v) is 5.67. The molecule has 0 radical (unpaired) electrons. The number of hydrogen-bond donors (Lipinski definition) is 2. The van der Waals surface area contributed by atoms with Gasteiger partial charge in [-0.05, 0) is 38.5 Å². The van der Waals surface area contributed by atoms with Gasteiger partial charge in [-0.3, -0.25) is 0 Å². The maximum Gasteiger partial charge on any atom is 0.0779 e. The Labute approximate surface area is 99.1 Å². The van der Waals surface area contributed by atoms with Crippen molar-refractivity contribution in [1.29, 1.82) is 0 Å². The van der Waals surface area contributed by atoms with Crippen LogP contribution in [0.15, 0.2) is 0 Å². The minimum atomic E-state index is 0.0615. The lowest BCUT2D eigenvalue weighted by Gasteiger charge is -2.29. The fourth-order valence-electron chi connectivity index (χ4n) is 3.13. The first-order valence-corrected chi connectivity index (χ1v) is 6.81. The standard InChI is InChI=1S/C13H26N2O/c1-13(7-4-8-16-13)10-15-12(9-14)11-5-2-3-6-11/h11-12,15H,2-10,14H2,1H3. The van der Waals surface area contributed by atoms with E-state index in [4.69, 9.17) is 10.5 Å². The summed E-state index contributed by atoms with van der Waals surface area (Å²) in [6.07, 6.45) is 7.86. The molecule has 0 spiro atoms. The normalized spacial score (nSPS) is 33.4. The minimum absolute atomic E-state index is 0.0615. The molecule has 2 unspecified atom stereocenters. The van der Waals surface area contributed by atoms with Crippen LogP contribution in [0.4, 0.5) is 0 Å². The predicted molar refractivity (Wildman–Crippen MR) is 66.4 cm³/mol. The van der Waals surface area contributed by atoms with Crippen LogP contribution < -0.4 is 11.1 Å². The van der Waals surface area contributed by atoms with Crippen LogP contribution in [0.3, 0.4) is 0 Å². The van der Waals surface area contributed by atoms with Gasteiger partial charge >= 0.3 is 0 Å². The van der Waals surface area contributed by atoms with Crippen molar-refractivity contribution in [3.05, 3.63) is 0 Å². The van der Waals surface area contributed by atoms with Gasteiger partial charge in [0, 0.05) is 25.7 Å². The van der Waals surface area contributed by atoms with Crippen LogP contribution in [0.25, 0.3) is 0 Å². The molecule has 0 aromatic carbocycles. The summed E-state index contributed by atoms with van der Waals surface area (Å²) >= 11 is 0. The summed E-state index contributed by atoms with van der Waals surface area (Å²) in [5, 5.41) is 3.64. The van der Waals surface area contributed by atoms with Crippen molar-refractivity contribution in [2.75, 3.05) is 19.7 Å². The molecule has 0 aromatic rings. The van der Waals surface area contributed by atoms with E-state index < -0.39 is 0 Å². The van der Waals surface area contributed by atoms with E-state index in [-0.39, 0.29) is 5.60 Å². The number of ether oxygens (including phenoxy) is 1. The van der Waals surface area contributed by atoms with E-state index >= 15 is 0 Å². The van der Waals surface area contributed by atoms with Crippen LogP contribution in [0.5, 0.6) is 0 Å². The molecule has 2 atom stereocenters. The smallest absolute Gasteiger partial charge is 0.0779 e. The van der Waals surface area contributed by atoms with Gasteiger partial charge in [-0.1, -0.05) is 12.8 Å². The van der Waals surface area contributed by atoms with Crippen molar-refractivity contribution in [3.8, 4) is 0 Å². The van der Waals surface area contributed by atoms with Crippen molar-refractivity contribution in [1.82, 2.24) is 5.32 Å². The fourth-order valence-corrected chi connectivity index (χ4v) is 3.13. The third kappa shape index (κ3) is 2.96. The van der Waals surface area contributed by atoms with Crippen molar-refractivity contribution in [3.63, 3.8) is 0 Å². The van der Waals surface area contributed by atoms with Crippen LogP contribution in [0, 0.1) is 5.92 Å². The van der Waals surface area contributed by atoms with Crippen LogP contribution in [0.1, 0.15) is 45.4 Å². The van der Waals surface area contributed by atoms with E-state index in [0.29, 0.717) is 6.04 Å². The van der Waals surface area contributed by atoms with E-state index in [9.17, 15) is 0 Å². The zero-order valence-electron chi connectivity index (χ0n) is 10.5. The fraction of sp³-hybridized carbons (Fsp3) is 1.00. The van der Waals surface area contributed by atoms with Gasteiger partial charge in [0.15, 0.2) is 0 Å². The van der Waals surface area contributed by atoms with Gasteiger partial charge in [0.25, 0.3) is 0 Å². The number of nitrogens with two attached hydrogens (primary N) is 1. The third-order valence-electron chi connectivity index (χ3n) is 4.26. The molecule has 3 heteroatoms. The Morgan fingerprint density at radius 1 is 1.38 bits per heavy atom. The lowest BCUT2D eigenvalue weighted by molar-refractivity contribution is 0.0174. The molecule has 0 amide bonds. The molecule has 2 aliphatic rings. The minimum Gasteiger partial charge on any atom is -0.374 e. The van der Waals surface area contributed by atoms with Crippen LogP contribution in [-0.4, -0.2) is 31.3 Å². The maximum absolute atomic E-state index is 5.88. The van der Waals surface area contributed by atoms with Gasteiger partial charge in [-0.25, -0.2) is 0 Å². The topological polar surface area (TPSA) is 47.3 Å². The average molecular weight is 226 g/mol. The lowest BCUT2D eigenvalue weighted by Crippen LogP contribution is -2.48. The van der Waals surface area contributed by atoms with E-state index in [2.05, 4.69) is 12.2 Å². The molecular formula is C13H26N2O. The van der Waals surface area contributed by atoms with E-state index in [0.717, 1.165) is 25.6 Å². The molecule has 2 rings (SSSR count). The number of nitrogens with one attached hydrogen (secondary N) is 1. The summed E-state index contributed by atoms with van der Waals surface area (Å²) in [6, 6.07) is 0.503. The molecule has 3 nitrogen and oxygen atoms in total. The molecule has 16 heavy (non-hydrogen) atoms. The van der Waals surface area contributed by atoms with Crippen LogP contribution in [-0.2, 0) is 4.74 Å². The number of hydrogen-bond acceptors (Lipinski definition) is 3.